The van der Waals surface area contributed by atoms with Crippen LogP contribution in [0, 0.1) is 5.82 Å². The van der Waals surface area contributed by atoms with Crippen molar-refractivity contribution in [2.45, 2.75) is 6.54 Å². The van der Waals surface area contributed by atoms with Crippen LogP contribution in [0.15, 0.2) is 47.4 Å². The number of nitrogens with one attached hydrogen (secondary N) is 1. The van der Waals surface area contributed by atoms with Gasteiger partial charge in [-0.3, -0.25) is 14.0 Å². The summed E-state index contributed by atoms with van der Waals surface area (Å²) in [6.07, 6.45) is 1.49. The van der Waals surface area contributed by atoms with Crippen LogP contribution in [0.5, 0.6) is 0 Å². The van der Waals surface area contributed by atoms with E-state index in [-0.39, 0.29) is 17.7 Å². The van der Waals surface area contributed by atoms with Gasteiger partial charge in [-0.25, -0.2) is 9.37 Å². The molecule has 0 unspecified atom stereocenters. The fourth-order valence-electron chi connectivity index (χ4n) is 2.23. The second kappa shape index (κ2) is 6.29. The molecule has 2 aromatic heterocycles. The maximum atomic E-state index is 13.7. The summed E-state index contributed by atoms with van der Waals surface area (Å²) in [6.45, 7) is 0.212. The van der Waals surface area contributed by atoms with E-state index in [2.05, 4.69) is 10.3 Å². The number of benzene rings is 1. The highest BCUT2D eigenvalue weighted by molar-refractivity contribution is 6.30. The lowest BCUT2D eigenvalue weighted by atomic mass is 10.2. The molecule has 0 bridgehead atoms. The van der Waals surface area contributed by atoms with Gasteiger partial charge in [0, 0.05) is 18.0 Å². The SMILES string of the molecule is NC(=O)c1ccc(NCc2cc(=O)n3cc(Cl)ccc3n2)cc1F. The molecule has 0 saturated heterocycles. The molecule has 0 saturated carbocycles. The van der Waals surface area contributed by atoms with Crippen LogP contribution in [0.3, 0.4) is 0 Å². The lowest BCUT2D eigenvalue weighted by Crippen LogP contribution is -2.17. The molecule has 122 valence electrons. The molecule has 0 aliphatic rings. The van der Waals surface area contributed by atoms with Gasteiger partial charge < -0.3 is 11.1 Å². The Morgan fingerprint density at radius 2 is 2.08 bits per heavy atom. The molecule has 8 heteroatoms. The maximum Gasteiger partial charge on any atom is 0.258 e. The van der Waals surface area contributed by atoms with Crippen LogP contribution >= 0.6 is 11.6 Å². The largest absolute Gasteiger partial charge is 0.379 e. The van der Waals surface area contributed by atoms with Crippen molar-refractivity contribution in [3.05, 3.63) is 75.0 Å². The van der Waals surface area contributed by atoms with E-state index in [4.69, 9.17) is 17.3 Å². The number of nitrogens with two attached hydrogens (primary N) is 1. The summed E-state index contributed by atoms with van der Waals surface area (Å²) in [5.74, 6) is -1.55. The summed E-state index contributed by atoms with van der Waals surface area (Å²) in [5.41, 5.74) is 5.99. The Morgan fingerprint density at radius 1 is 1.29 bits per heavy atom. The average Bonchev–Trinajstić information content (AvgIpc) is 2.53. The molecular weight excluding hydrogens is 335 g/mol. The number of pyridine rings is 1. The Kier molecular flexibility index (Phi) is 4.18. The number of aromatic nitrogens is 2. The molecule has 0 atom stereocenters. The molecule has 0 radical (unpaired) electrons. The normalized spacial score (nSPS) is 10.8. The van der Waals surface area contributed by atoms with Crippen LogP contribution in [0.25, 0.3) is 5.65 Å². The summed E-state index contributed by atoms with van der Waals surface area (Å²) in [4.78, 5) is 27.4. The lowest BCUT2D eigenvalue weighted by molar-refractivity contribution is 0.0996. The molecule has 2 heterocycles. The monoisotopic (exact) mass is 346 g/mol. The Balaban J connectivity index is 1.83. The van der Waals surface area contributed by atoms with Gasteiger partial charge in [0.15, 0.2) is 0 Å². The fourth-order valence-corrected chi connectivity index (χ4v) is 2.39. The first-order valence-corrected chi connectivity index (χ1v) is 7.33. The molecule has 3 rings (SSSR count). The first kappa shape index (κ1) is 15.9. The van der Waals surface area contributed by atoms with Gasteiger partial charge in [0.1, 0.15) is 11.5 Å². The van der Waals surface area contributed by atoms with E-state index in [0.717, 1.165) is 6.07 Å². The van der Waals surface area contributed by atoms with E-state index >= 15 is 0 Å². The smallest absolute Gasteiger partial charge is 0.258 e. The van der Waals surface area contributed by atoms with E-state index in [9.17, 15) is 14.0 Å². The van der Waals surface area contributed by atoms with Crippen LogP contribution in [-0.2, 0) is 6.54 Å². The third-order valence-electron chi connectivity index (χ3n) is 3.38. The first-order chi connectivity index (χ1) is 11.4. The van der Waals surface area contributed by atoms with E-state index in [1.807, 2.05) is 0 Å². The van der Waals surface area contributed by atoms with E-state index in [0.29, 0.717) is 22.1 Å². The fraction of sp³-hybridized carbons (Fsp3) is 0.0625. The number of anilines is 1. The number of primary amides is 1. The predicted molar refractivity (Wildman–Crippen MR) is 88.7 cm³/mol. The van der Waals surface area contributed by atoms with Crippen molar-refractivity contribution in [2.75, 3.05) is 5.32 Å². The van der Waals surface area contributed by atoms with Crippen LogP contribution in [-0.4, -0.2) is 15.3 Å². The van der Waals surface area contributed by atoms with Crippen molar-refractivity contribution in [3.8, 4) is 0 Å². The summed E-state index contributed by atoms with van der Waals surface area (Å²) in [7, 11) is 0. The van der Waals surface area contributed by atoms with Crippen molar-refractivity contribution in [1.29, 1.82) is 0 Å². The Morgan fingerprint density at radius 3 is 2.79 bits per heavy atom. The number of fused-ring (bicyclic) bond motifs is 1. The summed E-state index contributed by atoms with van der Waals surface area (Å²) in [6, 6.07) is 8.62. The Bertz CT molecular complexity index is 1000. The molecule has 0 aliphatic carbocycles. The molecule has 1 amide bonds. The molecule has 24 heavy (non-hydrogen) atoms. The second-order valence-electron chi connectivity index (χ2n) is 5.07. The molecule has 0 fully saturated rings. The van der Waals surface area contributed by atoms with Gasteiger partial charge in [-0.1, -0.05) is 11.6 Å². The number of carbonyl (C=O) groups is 1. The number of halogens is 2. The van der Waals surface area contributed by atoms with E-state index in [1.54, 1.807) is 12.1 Å². The van der Waals surface area contributed by atoms with Gasteiger partial charge in [-0.05, 0) is 30.3 Å². The molecule has 1 aromatic carbocycles. The zero-order valence-corrected chi connectivity index (χ0v) is 13.0. The highest BCUT2D eigenvalue weighted by Crippen LogP contribution is 2.15. The highest BCUT2D eigenvalue weighted by Gasteiger charge is 2.09. The van der Waals surface area contributed by atoms with Crippen molar-refractivity contribution >= 4 is 28.8 Å². The van der Waals surface area contributed by atoms with Gasteiger partial charge in [0.05, 0.1) is 22.8 Å². The Hall–Kier alpha value is -2.93. The number of amides is 1. The number of hydrogen-bond donors (Lipinski definition) is 2. The van der Waals surface area contributed by atoms with Crippen LogP contribution in [0.2, 0.25) is 5.02 Å². The standard InChI is InChI=1S/C16H12ClFN4O2/c17-9-1-4-14-21-11(6-15(23)22(14)8-9)7-20-10-2-3-12(16(19)24)13(18)5-10/h1-6,8,20H,7H2,(H2,19,24). The predicted octanol–water partition coefficient (Wildman–Crippen LogP) is 2.20. The topological polar surface area (TPSA) is 89.5 Å². The summed E-state index contributed by atoms with van der Waals surface area (Å²) >= 11 is 5.85. The van der Waals surface area contributed by atoms with E-state index < -0.39 is 11.7 Å². The number of carbonyl (C=O) groups excluding carboxylic acids is 1. The second-order valence-corrected chi connectivity index (χ2v) is 5.51. The maximum absolute atomic E-state index is 13.7. The molecular formula is C16H12ClFN4O2. The third kappa shape index (κ3) is 3.21. The van der Waals surface area contributed by atoms with Gasteiger partial charge in [-0.15, -0.1) is 0 Å². The Labute approximate surface area is 140 Å². The van der Waals surface area contributed by atoms with Gasteiger partial charge in [-0.2, -0.15) is 0 Å². The number of hydrogen-bond acceptors (Lipinski definition) is 4. The summed E-state index contributed by atoms with van der Waals surface area (Å²) < 4.78 is 15.1. The van der Waals surface area contributed by atoms with Crippen molar-refractivity contribution in [3.63, 3.8) is 0 Å². The minimum absolute atomic E-state index is 0.181. The molecule has 3 N–H and O–H groups in total. The molecule has 6 nitrogen and oxygen atoms in total. The van der Waals surface area contributed by atoms with Gasteiger partial charge in [0.25, 0.3) is 11.5 Å². The zero-order chi connectivity index (χ0) is 17.3. The number of nitrogens with zero attached hydrogens (tertiary/aromatic N) is 2. The molecule has 0 aliphatic heterocycles. The summed E-state index contributed by atoms with van der Waals surface area (Å²) in [5, 5.41) is 3.38. The minimum Gasteiger partial charge on any atom is -0.379 e. The number of rotatable bonds is 4. The first-order valence-electron chi connectivity index (χ1n) is 6.95. The highest BCUT2D eigenvalue weighted by atomic mass is 35.5. The van der Waals surface area contributed by atoms with Gasteiger partial charge >= 0.3 is 0 Å². The quantitative estimate of drug-likeness (QED) is 0.757. The van der Waals surface area contributed by atoms with Crippen molar-refractivity contribution < 1.29 is 9.18 Å². The lowest BCUT2D eigenvalue weighted by Gasteiger charge is -2.08. The molecule has 0 spiro atoms. The third-order valence-corrected chi connectivity index (χ3v) is 3.61. The average molecular weight is 347 g/mol. The van der Waals surface area contributed by atoms with Crippen LogP contribution in [0.1, 0.15) is 16.1 Å². The van der Waals surface area contributed by atoms with E-state index in [1.165, 1.54) is 28.8 Å². The van der Waals surface area contributed by atoms with Crippen LogP contribution in [0.4, 0.5) is 10.1 Å². The van der Waals surface area contributed by atoms with Crippen LogP contribution < -0.4 is 16.6 Å². The molecule has 3 aromatic rings. The minimum atomic E-state index is -0.832. The van der Waals surface area contributed by atoms with Crippen molar-refractivity contribution in [1.82, 2.24) is 9.38 Å². The zero-order valence-electron chi connectivity index (χ0n) is 12.3. The van der Waals surface area contributed by atoms with Gasteiger partial charge in [0.2, 0.25) is 0 Å². The van der Waals surface area contributed by atoms with Crippen molar-refractivity contribution in [2.24, 2.45) is 5.73 Å².